The first-order chi connectivity index (χ1) is 14.7. The monoisotopic (exact) mass is 431 g/mol. The predicted molar refractivity (Wildman–Crippen MR) is 117 cm³/mol. The van der Waals surface area contributed by atoms with Gasteiger partial charge in [0.25, 0.3) is 0 Å². The van der Waals surface area contributed by atoms with E-state index in [4.69, 9.17) is 15.9 Å². The third-order valence-corrected chi connectivity index (χ3v) is 6.78. The smallest absolute Gasteiger partial charge is 0.197 e. The first-order valence-corrected chi connectivity index (χ1v) is 11.0. The van der Waals surface area contributed by atoms with E-state index in [2.05, 4.69) is 33.7 Å². The lowest BCUT2D eigenvalue weighted by atomic mass is 9.76. The van der Waals surface area contributed by atoms with Crippen molar-refractivity contribution in [3.8, 4) is 0 Å². The molecule has 1 saturated heterocycles. The lowest BCUT2D eigenvalue weighted by Crippen LogP contribution is -2.54. The molecule has 2 fully saturated rings. The van der Waals surface area contributed by atoms with Crippen LogP contribution in [0, 0.1) is 11.3 Å². The molecular formula is C21H33N7O3. The zero-order valence-corrected chi connectivity index (χ0v) is 18.4. The highest BCUT2D eigenvalue weighted by molar-refractivity contribution is 5.81. The number of hydrogen-bond donors (Lipinski definition) is 4. The van der Waals surface area contributed by atoms with E-state index in [-0.39, 0.29) is 12.4 Å². The van der Waals surface area contributed by atoms with E-state index < -0.39 is 17.9 Å². The first-order valence-electron chi connectivity index (χ1n) is 11.0. The summed E-state index contributed by atoms with van der Waals surface area (Å²) in [6, 6.07) is 0.726. The van der Waals surface area contributed by atoms with Gasteiger partial charge in [0.05, 0.1) is 12.9 Å². The molecule has 3 atom stereocenters. The summed E-state index contributed by atoms with van der Waals surface area (Å²) in [5, 5.41) is 30.0. The fourth-order valence-electron chi connectivity index (χ4n) is 4.82. The Bertz CT molecular complexity index is 942. The second-order valence-corrected chi connectivity index (χ2v) is 9.32. The van der Waals surface area contributed by atoms with Gasteiger partial charge in [0.15, 0.2) is 17.2 Å². The summed E-state index contributed by atoms with van der Waals surface area (Å²) in [6.07, 6.45) is 5.19. The minimum Gasteiger partial charge on any atom is -0.385 e. The summed E-state index contributed by atoms with van der Waals surface area (Å²) in [7, 11) is 0. The Morgan fingerprint density at radius 2 is 2.13 bits per heavy atom. The number of aromatic nitrogens is 4. The number of nitrogen functional groups attached to an aromatic ring is 1. The van der Waals surface area contributed by atoms with Crippen LogP contribution in [0.4, 0.5) is 5.82 Å². The number of nitrogens with two attached hydrogens (primary N) is 1. The van der Waals surface area contributed by atoms with Crippen LogP contribution in [0.1, 0.15) is 46.5 Å². The molecule has 0 unspecified atom stereocenters. The highest BCUT2D eigenvalue weighted by Crippen LogP contribution is 2.38. The highest BCUT2D eigenvalue weighted by Gasteiger charge is 2.51. The number of hydrogen-bond acceptors (Lipinski definition) is 9. The molecule has 5 N–H and O–H groups in total. The van der Waals surface area contributed by atoms with E-state index >= 15 is 0 Å². The Labute approximate surface area is 182 Å². The maximum Gasteiger partial charge on any atom is 0.197 e. The molecule has 0 radical (unpaired) electrons. The fourth-order valence-corrected chi connectivity index (χ4v) is 4.82. The Balaban J connectivity index is 1.45. The Kier molecular flexibility index (Phi) is 5.99. The number of aliphatic hydroxyl groups is 2. The van der Waals surface area contributed by atoms with Crippen LogP contribution in [0.15, 0.2) is 12.7 Å². The molecule has 0 amide bonds. The van der Waals surface area contributed by atoms with Crippen LogP contribution >= 0.6 is 0 Å². The topological polar surface area (TPSA) is 146 Å². The Morgan fingerprint density at radius 3 is 2.81 bits per heavy atom. The van der Waals surface area contributed by atoms with Gasteiger partial charge >= 0.3 is 0 Å². The summed E-state index contributed by atoms with van der Waals surface area (Å²) in [5.74, 6) is 0.876. The summed E-state index contributed by atoms with van der Waals surface area (Å²) >= 11 is 0. The van der Waals surface area contributed by atoms with Gasteiger partial charge in [-0.05, 0) is 52.4 Å². The van der Waals surface area contributed by atoms with Crippen molar-refractivity contribution < 1.29 is 14.9 Å². The van der Waals surface area contributed by atoms with Crippen LogP contribution in [0.5, 0.6) is 0 Å². The molecular weight excluding hydrogens is 398 g/mol. The predicted octanol–water partition coefficient (Wildman–Crippen LogP) is 1.12. The molecule has 4 rings (SSSR count). The molecule has 170 valence electrons. The first kappa shape index (κ1) is 22.1. The zero-order chi connectivity index (χ0) is 22.3. The fraction of sp³-hybridized carbons (Fsp3) is 0.714. The molecule has 1 aliphatic heterocycles. The van der Waals surface area contributed by atoms with Crippen molar-refractivity contribution in [1.82, 2.24) is 24.4 Å². The van der Waals surface area contributed by atoms with Gasteiger partial charge < -0.3 is 26.1 Å². The molecule has 3 heterocycles. The van der Waals surface area contributed by atoms with Gasteiger partial charge in [0.1, 0.15) is 24.1 Å². The number of nitrogens with one attached hydrogen (secondary N) is 1. The van der Waals surface area contributed by atoms with Crippen LogP contribution in [0.25, 0.3) is 11.2 Å². The Morgan fingerprint density at radius 1 is 1.39 bits per heavy atom. The molecule has 31 heavy (non-hydrogen) atoms. The maximum absolute atomic E-state index is 11.3. The van der Waals surface area contributed by atoms with Gasteiger partial charge in [-0.25, -0.2) is 15.0 Å². The normalized spacial score (nSPS) is 30.9. The highest BCUT2D eigenvalue weighted by atomic mass is 16.5. The van der Waals surface area contributed by atoms with Gasteiger partial charge in [0.2, 0.25) is 0 Å². The van der Waals surface area contributed by atoms with Crippen molar-refractivity contribution >= 4 is 22.7 Å². The summed E-state index contributed by atoms with van der Waals surface area (Å²) < 4.78 is 7.33. The minimum absolute atomic E-state index is 0.0635. The van der Waals surface area contributed by atoms with Crippen molar-refractivity contribution in [2.24, 2.45) is 5.92 Å². The number of ether oxygens (including phenoxy) is 1. The molecule has 10 heteroatoms. The molecule has 0 spiro atoms. The quantitative estimate of drug-likeness (QED) is 0.455. The van der Waals surface area contributed by atoms with Crippen molar-refractivity contribution in [3.63, 3.8) is 0 Å². The van der Waals surface area contributed by atoms with Crippen molar-refractivity contribution in [2.75, 3.05) is 18.9 Å². The Hall–Kier alpha value is -2.14. The summed E-state index contributed by atoms with van der Waals surface area (Å²) in [4.78, 5) is 14.7. The molecule has 0 bridgehead atoms. The molecule has 2 aromatic heterocycles. The molecule has 1 saturated carbocycles. The largest absolute Gasteiger partial charge is 0.385 e. The number of aliphatic hydroxyl groups excluding tert-OH is 1. The van der Waals surface area contributed by atoms with Crippen LogP contribution in [-0.4, -0.2) is 77.8 Å². The lowest BCUT2D eigenvalue weighted by molar-refractivity contribution is -0.110. The van der Waals surface area contributed by atoms with Gasteiger partial charge in [-0.3, -0.25) is 9.47 Å². The zero-order valence-electron chi connectivity index (χ0n) is 18.4. The van der Waals surface area contributed by atoms with Crippen molar-refractivity contribution in [3.05, 3.63) is 12.7 Å². The molecule has 1 aliphatic carbocycles. The van der Waals surface area contributed by atoms with E-state index in [1.54, 1.807) is 0 Å². The third-order valence-electron chi connectivity index (χ3n) is 6.78. The van der Waals surface area contributed by atoms with Crippen LogP contribution in [-0.2, 0) is 10.5 Å². The van der Waals surface area contributed by atoms with Gasteiger partial charge in [-0.1, -0.05) is 0 Å². The molecule has 0 aromatic carbocycles. The number of nitrogens with zero attached hydrogens (tertiary/aromatic N) is 5. The van der Waals surface area contributed by atoms with Crippen molar-refractivity contribution in [1.29, 1.82) is 5.41 Å². The van der Waals surface area contributed by atoms with Crippen LogP contribution < -0.4 is 5.73 Å². The van der Waals surface area contributed by atoms with E-state index in [0.717, 1.165) is 31.4 Å². The molecule has 2 aliphatic rings. The minimum atomic E-state index is -1.67. The number of imidazole rings is 1. The standard InChI is InChI=1S/C21H33N7O3/c1-12(2)27(15-6-14(7-15)5-4-13(3)22)8-16-18(29)21(30,9-31-16)28-11-26-17-19(23)24-10-25-20(17)28/h10-12,14-16,18,22,29-30H,4-9H2,1-3H3,(H2,23,24,25)/t14?,15?,16-,18-,21+/m1/s1. The molecule has 10 nitrogen and oxygen atoms in total. The lowest BCUT2D eigenvalue weighted by Gasteiger charge is -2.46. The number of anilines is 1. The summed E-state index contributed by atoms with van der Waals surface area (Å²) in [5.41, 5.74) is 5.67. The maximum atomic E-state index is 11.3. The number of rotatable bonds is 8. The van der Waals surface area contributed by atoms with Crippen molar-refractivity contribution in [2.45, 2.75) is 76.5 Å². The van der Waals surface area contributed by atoms with Gasteiger partial charge in [-0.15, -0.1) is 0 Å². The van der Waals surface area contributed by atoms with Crippen LogP contribution in [0.3, 0.4) is 0 Å². The third kappa shape index (κ3) is 4.05. The van der Waals surface area contributed by atoms with E-state index in [1.807, 2.05) is 6.92 Å². The average Bonchev–Trinajstić information content (AvgIpc) is 3.24. The molecule has 2 aromatic rings. The van der Waals surface area contributed by atoms with Gasteiger partial charge in [-0.2, -0.15) is 0 Å². The summed E-state index contributed by atoms with van der Waals surface area (Å²) in [6.45, 7) is 6.62. The average molecular weight is 432 g/mol. The number of fused-ring (bicyclic) bond motifs is 1. The second-order valence-electron chi connectivity index (χ2n) is 9.32. The van der Waals surface area contributed by atoms with Gasteiger partial charge in [0, 0.05) is 24.3 Å². The SMILES string of the molecule is CC(=N)CCC1CC(N(C[C@H]2OC[C@@](O)(n3cnc4c(N)ncnc43)[C@@H]2O)C(C)C)C1. The van der Waals surface area contributed by atoms with E-state index in [0.29, 0.717) is 35.7 Å². The second kappa shape index (κ2) is 8.42. The van der Waals surface area contributed by atoms with E-state index in [1.165, 1.54) is 17.2 Å². The van der Waals surface area contributed by atoms with E-state index in [9.17, 15) is 10.2 Å². The van der Waals surface area contributed by atoms with Crippen LogP contribution in [0.2, 0.25) is 0 Å².